The minimum absolute atomic E-state index is 0.0575. The maximum atomic E-state index is 13.1. The van der Waals surface area contributed by atoms with Crippen LogP contribution < -0.4 is 15.0 Å². The van der Waals surface area contributed by atoms with Gasteiger partial charge in [-0.2, -0.15) is 26.9 Å². The fourth-order valence-corrected chi connectivity index (χ4v) is 5.41. The summed E-state index contributed by atoms with van der Waals surface area (Å²) >= 11 is 6.78. The molecule has 0 unspecified atom stereocenters. The van der Waals surface area contributed by atoms with Crippen LogP contribution in [0.15, 0.2) is 84.1 Å². The molecule has 2 heterocycles. The Kier molecular flexibility index (Phi) is 9.20. The fourth-order valence-electron chi connectivity index (χ4n) is 4.33. The number of alkyl halides is 5. The van der Waals surface area contributed by atoms with Gasteiger partial charge in [-0.25, -0.2) is 9.67 Å². The highest BCUT2D eigenvalue weighted by Crippen LogP contribution is 2.37. The normalized spacial score (nSPS) is 14.8. The maximum absolute atomic E-state index is 13.1. The quantitative estimate of drug-likeness (QED) is 0.159. The predicted molar refractivity (Wildman–Crippen MR) is 166 cm³/mol. The average molecular weight is 661 g/mol. The number of thioether (sulfide) groups is 1. The molecular formula is C30H25F5N6O2S2. The zero-order valence-electron chi connectivity index (χ0n) is 23.8. The van der Waals surface area contributed by atoms with Crippen molar-refractivity contribution in [1.82, 2.24) is 20.1 Å². The Bertz CT molecular complexity index is 1720. The van der Waals surface area contributed by atoms with Crippen molar-refractivity contribution < 1.29 is 31.5 Å². The second kappa shape index (κ2) is 12.9. The number of halogens is 5. The Balaban J connectivity index is 1.20. The molecule has 1 amide bonds. The average Bonchev–Trinajstić information content (AvgIpc) is 3.63. The van der Waals surface area contributed by atoms with Crippen LogP contribution in [0.4, 0.5) is 27.6 Å². The van der Waals surface area contributed by atoms with Crippen LogP contribution in [-0.2, 0) is 11.3 Å². The van der Waals surface area contributed by atoms with Gasteiger partial charge in [-0.3, -0.25) is 9.69 Å². The summed E-state index contributed by atoms with van der Waals surface area (Å²) < 4.78 is 68.6. The number of aromatic nitrogens is 3. The number of hydrogen-bond donors (Lipinski definition) is 1. The molecule has 5 rings (SSSR count). The number of para-hydroxylation sites is 1. The molecule has 4 aromatic rings. The fraction of sp³-hybridized carbons (Fsp3) is 0.233. The van der Waals surface area contributed by atoms with Crippen molar-refractivity contribution in [3.63, 3.8) is 0 Å². The number of aliphatic imine (C=N–C) groups is 1. The van der Waals surface area contributed by atoms with E-state index in [1.54, 1.807) is 17.0 Å². The van der Waals surface area contributed by atoms with Crippen LogP contribution in [0.1, 0.15) is 30.9 Å². The van der Waals surface area contributed by atoms with Crippen LogP contribution in [0, 0.1) is 0 Å². The highest BCUT2D eigenvalue weighted by molar-refractivity contribution is 8.15. The van der Waals surface area contributed by atoms with Gasteiger partial charge in [-0.05, 0) is 59.6 Å². The first-order valence-corrected chi connectivity index (χ1v) is 14.9. The summed E-state index contributed by atoms with van der Waals surface area (Å²) in [5, 5.41) is 8.21. The van der Waals surface area contributed by atoms with E-state index in [9.17, 15) is 26.7 Å². The van der Waals surface area contributed by atoms with Gasteiger partial charge in [0, 0.05) is 12.1 Å². The second-order valence-electron chi connectivity index (χ2n) is 10.1. The Morgan fingerprint density at radius 1 is 1.04 bits per heavy atom. The van der Waals surface area contributed by atoms with E-state index in [0.717, 1.165) is 28.9 Å². The summed E-state index contributed by atoms with van der Waals surface area (Å²) in [5.41, 5.74) is 3.79. The number of anilines is 1. The Morgan fingerprint density at radius 3 is 2.40 bits per heavy atom. The number of ether oxygens (including phenoxy) is 1. The molecule has 0 spiro atoms. The molecule has 234 valence electrons. The summed E-state index contributed by atoms with van der Waals surface area (Å²) in [7, 11) is 0. The molecule has 1 saturated heterocycles. The van der Waals surface area contributed by atoms with Crippen LogP contribution in [0.5, 0.6) is 5.75 Å². The Hall–Kier alpha value is -4.37. The highest BCUT2D eigenvalue weighted by Gasteiger charge is 2.61. The lowest BCUT2D eigenvalue weighted by atomic mass is 10.0. The number of nitrogens with one attached hydrogen (secondary N) is 1. The zero-order valence-corrected chi connectivity index (χ0v) is 25.4. The number of amides is 1. The number of carbonyl (C=O) groups is 1. The van der Waals surface area contributed by atoms with Crippen LogP contribution in [-0.4, -0.2) is 49.0 Å². The second-order valence-corrected chi connectivity index (χ2v) is 11.4. The third kappa shape index (κ3) is 7.31. The molecule has 1 aliphatic heterocycles. The smallest absolute Gasteiger partial charge is 0.426 e. The van der Waals surface area contributed by atoms with Gasteiger partial charge < -0.3 is 10.1 Å². The molecule has 1 fully saturated rings. The topological polar surface area (TPSA) is 84.6 Å². The molecule has 8 nitrogen and oxygen atoms in total. The summed E-state index contributed by atoms with van der Waals surface area (Å²) in [5.74, 6) is 0.154. The maximum Gasteiger partial charge on any atom is 0.499 e. The summed E-state index contributed by atoms with van der Waals surface area (Å²) in [4.78, 5) is 23.1. The van der Waals surface area contributed by atoms with Gasteiger partial charge in [0.05, 0.1) is 17.1 Å². The first-order chi connectivity index (χ1) is 21.3. The number of benzene rings is 3. The number of rotatable bonds is 8. The molecule has 1 N–H and O–H groups in total. The molecule has 0 aliphatic carbocycles. The van der Waals surface area contributed by atoms with E-state index in [0.29, 0.717) is 28.8 Å². The molecule has 1 aromatic heterocycles. The van der Waals surface area contributed by atoms with Crippen LogP contribution in [0.2, 0.25) is 0 Å². The van der Waals surface area contributed by atoms with Gasteiger partial charge >= 0.3 is 12.3 Å². The first-order valence-electron chi connectivity index (χ1n) is 13.5. The van der Waals surface area contributed by atoms with Gasteiger partial charge in [0.1, 0.15) is 12.1 Å². The minimum atomic E-state index is -5.84. The lowest BCUT2D eigenvalue weighted by molar-refractivity contribution is -0.360. The molecule has 3 aromatic carbocycles. The van der Waals surface area contributed by atoms with E-state index in [-0.39, 0.29) is 22.7 Å². The predicted octanol–water partition coefficient (Wildman–Crippen LogP) is 7.10. The van der Waals surface area contributed by atoms with E-state index in [4.69, 9.17) is 12.2 Å². The van der Waals surface area contributed by atoms with Crippen molar-refractivity contribution >= 4 is 45.9 Å². The van der Waals surface area contributed by atoms with Crippen LogP contribution >= 0.6 is 24.0 Å². The van der Waals surface area contributed by atoms with Gasteiger partial charge in [0.2, 0.25) is 5.91 Å². The van der Waals surface area contributed by atoms with E-state index >= 15 is 0 Å². The van der Waals surface area contributed by atoms with Crippen molar-refractivity contribution in [2.75, 3.05) is 10.7 Å². The summed E-state index contributed by atoms with van der Waals surface area (Å²) in [6, 6.07) is 19.6. The van der Waals surface area contributed by atoms with Crippen molar-refractivity contribution in [3.8, 4) is 22.8 Å². The Morgan fingerprint density at radius 2 is 1.73 bits per heavy atom. The van der Waals surface area contributed by atoms with Crippen LogP contribution in [0.3, 0.4) is 0 Å². The standard InChI is InChI=1S/C30H25F5N6O2S2/c1-18(2)23-5-3-4-6-24(23)41-25(42)16-45-28(41)38-27(44)36-15-19-7-9-20(10-8-19)26-37-17-40(39-26)21-11-13-22(14-12-21)43-30(34,35)29(31,32)33/h3-14,17-18H,15-16H2,1-2H3,(H,36,44). The monoisotopic (exact) mass is 660 g/mol. The zero-order chi connectivity index (χ0) is 32.4. The number of nitrogens with zero attached hydrogens (tertiary/aromatic N) is 5. The molecule has 0 atom stereocenters. The molecular weight excluding hydrogens is 635 g/mol. The number of carbonyl (C=O) groups excluding carboxylic acids is 1. The molecule has 0 saturated carbocycles. The number of hydrogen-bond acceptors (Lipinski definition) is 6. The largest absolute Gasteiger partial charge is 0.499 e. The van der Waals surface area contributed by atoms with Crippen molar-refractivity contribution in [2.45, 2.75) is 38.6 Å². The van der Waals surface area contributed by atoms with Crippen molar-refractivity contribution in [3.05, 3.63) is 90.3 Å². The molecule has 45 heavy (non-hydrogen) atoms. The summed E-state index contributed by atoms with van der Waals surface area (Å²) in [6.07, 6.45) is -9.76. The third-order valence-electron chi connectivity index (χ3n) is 6.59. The van der Waals surface area contributed by atoms with Crippen LogP contribution in [0.25, 0.3) is 17.1 Å². The molecule has 0 radical (unpaired) electrons. The van der Waals surface area contributed by atoms with Gasteiger partial charge in [0.25, 0.3) is 0 Å². The first kappa shape index (κ1) is 32.0. The van der Waals surface area contributed by atoms with E-state index in [1.807, 2.05) is 36.4 Å². The van der Waals surface area contributed by atoms with E-state index in [1.165, 1.54) is 34.9 Å². The molecule has 1 aliphatic rings. The van der Waals surface area contributed by atoms with Gasteiger partial charge in [-0.1, -0.05) is 68.1 Å². The molecule has 15 heteroatoms. The van der Waals surface area contributed by atoms with E-state index in [2.05, 4.69) is 39.0 Å². The summed E-state index contributed by atoms with van der Waals surface area (Å²) in [6.45, 7) is 4.51. The van der Waals surface area contributed by atoms with Gasteiger partial charge in [0.15, 0.2) is 16.1 Å². The number of amidine groups is 1. The van der Waals surface area contributed by atoms with Gasteiger partial charge in [-0.15, -0.1) is 5.10 Å². The number of thiocarbonyl (C=S) groups is 1. The van der Waals surface area contributed by atoms with E-state index < -0.39 is 18.0 Å². The Labute approximate surface area is 264 Å². The molecule has 0 bridgehead atoms. The third-order valence-corrected chi connectivity index (χ3v) is 7.75. The highest BCUT2D eigenvalue weighted by atomic mass is 32.2. The SMILES string of the molecule is CC(C)c1ccccc1N1C(=O)CSC1=NC(=S)NCc1ccc(-c2ncn(-c3ccc(OC(F)(F)C(F)(F)F)cc3)n2)cc1. The lowest BCUT2D eigenvalue weighted by Crippen LogP contribution is -2.41. The van der Waals surface area contributed by atoms with Crippen molar-refractivity contribution in [1.29, 1.82) is 0 Å². The minimum Gasteiger partial charge on any atom is -0.426 e. The van der Waals surface area contributed by atoms with Crippen molar-refractivity contribution in [2.24, 2.45) is 4.99 Å². The lowest BCUT2D eigenvalue weighted by Gasteiger charge is -2.21.